The van der Waals surface area contributed by atoms with Gasteiger partial charge in [-0.2, -0.15) is 0 Å². The molecule has 2 N–H and O–H groups in total. The maximum absolute atomic E-state index is 14.7. The van der Waals surface area contributed by atoms with Crippen molar-refractivity contribution in [3.63, 3.8) is 0 Å². The Kier molecular flexibility index (Phi) is 6.43. The second-order valence-electron chi connectivity index (χ2n) is 7.10. The number of carbonyl (C=O) groups excluding carboxylic acids is 1. The van der Waals surface area contributed by atoms with Crippen molar-refractivity contribution in [1.82, 2.24) is 15.6 Å². The largest absolute Gasteiger partial charge is 0.481 e. The molecule has 1 aromatic rings. The Bertz CT molecular complexity index is 627. The fourth-order valence-electron chi connectivity index (χ4n) is 3.90. The van der Waals surface area contributed by atoms with Crippen molar-refractivity contribution < 1.29 is 18.7 Å². The Morgan fingerprint density at radius 2 is 2.08 bits per heavy atom. The van der Waals surface area contributed by atoms with E-state index in [4.69, 9.17) is 9.47 Å². The quantitative estimate of drug-likeness (QED) is 0.809. The van der Waals surface area contributed by atoms with E-state index < -0.39 is 0 Å². The number of rotatable bonds is 6. The zero-order chi connectivity index (χ0) is 18.5. The molecule has 1 saturated heterocycles. The number of nitrogens with zero attached hydrogens (tertiary/aromatic N) is 1. The van der Waals surface area contributed by atoms with Crippen LogP contribution in [0.3, 0.4) is 0 Å². The van der Waals surface area contributed by atoms with Gasteiger partial charge in [-0.25, -0.2) is 9.37 Å². The van der Waals surface area contributed by atoms with Gasteiger partial charge in [-0.05, 0) is 51.1 Å². The van der Waals surface area contributed by atoms with Crippen LogP contribution in [0.5, 0.6) is 5.88 Å². The molecule has 1 aromatic heterocycles. The summed E-state index contributed by atoms with van der Waals surface area (Å²) in [4.78, 5) is 16.6. The van der Waals surface area contributed by atoms with Gasteiger partial charge in [-0.1, -0.05) is 0 Å². The predicted molar refractivity (Wildman–Crippen MR) is 95.6 cm³/mol. The number of ether oxygens (including phenoxy) is 2. The highest BCUT2D eigenvalue weighted by Crippen LogP contribution is 2.35. The SMILES string of the molecule is COc1nc(C2CCC(OC)CC2)c(F)cc1CNC(=O)[C@H]1CCCN1. The minimum atomic E-state index is -0.324. The lowest BCUT2D eigenvalue weighted by atomic mass is 9.84. The average molecular weight is 365 g/mol. The number of carbonyl (C=O) groups is 1. The van der Waals surface area contributed by atoms with Gasteiger partial charge in [0.25, 0.3) is 0 Å². The third-order valence-electron chi connectivity index (χ3n) is 5.46. The van der Waals surface area contributed by atoms with Crippen molar-refractivity contribution in [1.29, 1.82) is 0 Å². The maximum Gasteiger partial charge on any atom is 0.237 e. The summed E-state index contributed by atoms with van der Waals surface area (Å²) < 4.78 is 25.4. The first-order valence-electron chi connectivity index (χ1n) is 9.39. The Balaban J connectivity index is 1.67. The summed E-state index contributed by atoms with van der Waals surface area (Å²) in [5.74, 6) is 0.0819. The molecule has 0 unspecified atom stereocenters. The van der Waals surface area contributed by atoms with Crippen LogP contribution < -0.4 is 15.4 Å². The van der Waals surface area contributed by atoms with E-state index in [1.165, 1.54) is 13.2 Å². The Morgan fingerprint density at radius 3 is 2.69 bits per heavy atom. The molecule has 6 nitrogen and oxygen atoms in total. The van der Waals surface area contributed by atoms with Gasteiger partial charge in [0.2, 0.25) is 11.8 Å². The summed E-state index contributed by atoms with van der Waals surface area (Å²) in [5.41, 5.74) is 1.02. The van der Waals surface area contributed by atoms with Crippen molar-refractivity contribution >= 4 is 5.91 Å². The van der Waals surface area contributed by atoms with Gasteiger partial charge in [0.15, 0.2) is 0 Å². The van der Waals surface area contributed by atoms with Crippen LogP contribution in [0.1, 0.15) is 55.7 Å². The molecule has 3 rings (SSSR count). The highest BCUT2D eigenvalue weighted by molar-refractivity contribution is 5.82. The van der Waals surface area contributed by atoms with Gasteiger partial charge in [0, 0.05) is 25.1 Å². The van der Waals surface area contributed by atoms with Gasteiger partial charge < -0.3 is 20.1 Å². The Labute approximate surface area is 153 Å². The van der Waals surface area contributed by atoms with Gasteiger partial charge in [-0.15, -0.1) is 0 Å². The number of amides is 1. The third kappa shape index (κ3) is 4.32. The Morgan fingerprint density at radius 1 is 1.31 bits per heavy atom. The molecule has 1 atom stereocenters. The van der Waals surface area contributed by atoms with E-state index in [1.807, 2.05) is 0 Å². The highest BCUT2D eigenvalue weighted by Gasteiger charge is 2.27. The molecule has 1 saturated carbocycles. The molecule has 0 bridgehead atoms. The molecule has 2 heterocycles. The van der Waals surface area contributed by atoms with Crippen molar-refractivity contribution in [3.05, 3.63) is 23.1 Å². The number of nitrogens with one attached hydrogen (secondary N) is 2. The van der Waals surface area contributed by atoms with Crippen LogP contribution in [0.25, 0.3) is 0 Å². The first-order valence-corrected chi connectivity index (χ1v) is 9.39. The van der Waals surface area contributed by atoms with Crippen molar-refractivity contribution in [2.24, 2.45) is 0 Å². The molecule has 144 valence electrons. The molecule has 0 spiro atoms. The zero-order valence-corrected chi connectivity index (χ0v) is 15.5. The van der Waals surface area contributed by atoms with E-state index in [0.717, 1.165) is 45.1 Å². The van der Waals surface area contributed by atoms with Crippen LogP contribution in [0.15, 0.2) is 6.07 Å². The minimum absolute atomic E-state index is 0.0630. The first-order chi connectivity index (χ1) is 12.6. The monoisotopic (exact) mass is 365 g/mol. The second-order valence-corrected chi connectivity index (χ2v) is 7.10. The van der Waals surface area contributed by atoms with Gasteiger partial charge in [0.1, 0.15) is 5.82 Å². The van der Waals surface area contributed by atoms with Gasteiger partial charge in [-0.3, -0.25) is 4.79 Å². The van der Waals surface area contributed by atoms with Crippen molar-refractivity contribution in [2.45, 2.75) is 63.1 Å². The van der Waals surface area contributed by atoms with Crippen LogP contribution in [-0.2, 0) is 16.1 Å². The lowest BCUT2D eigenvalue weighted by Gasteiger charge is -2.27. The normalized spacial score (nSPS) is 25.9. The summed E-state index contributed by atoms with van der Waals surface area (Å²) in [6.45, 7) is 1.07. The van der Waals surface area contributed by atoms with E-state index in [-0.39, 0.29) is 36.3 Å². The van der Waals surface area contributed by atoms with Crippen LogP contribution >= 0.6 is 0 Å². The third-order valence-corrected chi connectivity index (χ3v) is 5.46. The predicted octanol–water partition coefficient (Wildman–Crippen LogP) is 2.27. The summed E-state index contributed by atoms with van der Waals surface area (Å²) in [6, 6.07) is 1.29. The van der Waals surface area contributed by atoms with E-state index in [1.54, 1.807) is 7.11 Å². The lowest BCUT2D eigenvalue weighted by Crippen LogP contribution is -2.40. The van der Waals surface area contributed by atoms with Crippen molar-refractivity contribution in [3.8, 4) is 5.88 Å². The smallest absolute Gasteiger partial charge is 0.237 e. The summed E-state index contributed by atoms with van der Waals surface area (Å²) in [6.07, 6.45) is 5.63. The van der Waals surface area contributed by atoms with E-state index in [0.29, 0.717) is 17.1 Å². The van der Waals surface area contributed by atoms with Crippen LogP contribution in [0.2, 0.25) is 0 Å². The first kappa shape index (κ1) is 19.0. The number of aromatic nitrogens is 1. The van der Waals surface area contributed by atoms with Crippen LogP contribution in [0.4, 0.5) is 4.39 Å². The summed E-state index contributed by atoms with van der Waals surface area (Å²) >= 11 is 0. The summed E-state index contributed by atoms with van der Waals surface area (Å²) in [7, 11) is 3.24. The topological polar surface area (TPSA) is 72.5 Å². The van der Waals surface area contributed by atoms with Gasteiger partial charge >= 0.3 is 0 Å². The fourth-order valence-corrected chi connectivity index (χ4v) is 3.90. The molecule has 0 aromatic carbocycles. The molecule has 1 aliphatic carbocycles. The number of halogens is 1. The average Bonchev–Trinajstić information content (AvgIpc) is 3.21. The fraction of sp³-hybridized carbons (Fsp3) is 0.684. The van der Waals surface area contributed by atoms with Crippen molar-refractivity contribution in [2.75, 3.05) is 20.8 Å². The Hall–Kier alpha value is -1.73. The molecular weight excluding hydrogens is 337 g/mol. The van der Waals surface area contributed by atoms with E-state index in [2.05, 4.69) is 15.6 Å². The van der Waals surface area contributed by atoms with Crippen LogP contribution in [0, 0.1) is 5.82 Å². The van der Waals surface area contributed by atoms with Crippen LogP contribution in [-0.4, -0.2) is 43.8 Å². The number of pyridine rings is 1. The molecule has 2 aliphatic rings. The van der Waals surface area contributed by atoms with Gasteiger partial charge in [0.05, 0.1) is 24.9 Å². The molecule has 7 heteroatoms. The molecule has 2 fully saturated rings. The number of methoxy groups -OCH3 is 2. The maximum atomic E-state index is 14.7. The minimum Gasteiger partial charge on any atom is -0.481 e. The van der Waals surface area contributed by atoms with E-state index in [9.17, 15) is 9.18 Å². The standard InChI is InChI=1S/C19H28FN3O3/c1-25-14-7-5-12(6-8-14)17-15(20)10-13(19(23-17)26-2)11-22-18(24)16-4-3-9-21-16/h10,12,14,16,21H,3-9,11H2,1-2H3,(H,22,24)/t12?,14?,16-/m1/s1. The lowest BCUT2D eigenvalue weighted by molar-refractivity contribution is -0.122. The molecule has 26 heavy (non-hydrogen) atoms. The molecule has 1 aliphatic heterocycles. The molecule has 0 radical (unpaired) electrons. The second kappa shape index (κ2) is 8.77. The zero-order valence-electron chi connectivity index (χ0n) is 15.5. The highest BCUT2D eigenvalue weighted by atomic mass is 19.1. The number of hydrogen-bond donors (Lipinski definition) is 2. The van der Waals surface area contributed by atoms with E-state index >= 15 is 0 Å². The summed E-state index contributed by atoms with van der Waals surface area (Å²) in [5, 5.41) is 6.00. The number of hydrogen-bond acceptors (Lipinski definition) is 5. The molecule has 1 amide bonds. The molecular formula is C19H28FN3O3.